The molecule has 138 valence electrons. The summed E-state index contributed by atoms with van der Waals surface area (Å²) in [6.07, 6.45) is 0. The molecule has 1 nitrogen and oxygen atoms in total. The summed E-state index contributed by atoms with van der Waals surface area (Å²) in [7, 11) is 0. The van der Waals surface area contributed by atoms with E-state index in [9.17, 15) is 5.11 Å². The first-order valence-electron chi connectivity index (χ1n) is 9.30. The fourth-order valence-electron chi connectivity index (χ4n) is 3.76. The largest absolute Gasteiger partial charge is 0.376 e. The van der Waals surface area contributed by atoms with E-state index < -0.39 is 5.60 Å². The Morgan fingerprint density at radius 2 is 1.18 bits per heavy atom. The summed E-state index contributed by atoms with van der Waals surface area (Å²) in [4.78, 5) is 0. The number of hydrogen-bond acceptors (Lipinski definition) is 1. The van der Waals surface area contributed by atoms with Crippen molar-refractivity contribution in [2.75, 3.05) is 0 Å². The molecule has 0 atom stereocenters. The molecule has 4 aromatic rings. The summed E-state index contributed by atoms with van der Waals surface area (Å²) in [5, 5.41) is 12.8. The van der Waals surface area contributed by atoms with E-state index in [2.05, 4.69) is 19.1 Å². The van der Waals surface area contributed by atoms with E-state index in [1.165, 1.54) is 0 Å². The van der Waals surface area contributed by atoms with Gasteiger partial charge in [-0.15, -0.1) is 0 Å². The van der Waals surface area contributed by atoms with E-state index in [0.717, 1.165) is 33.4 Å². The second-order valence-corrected chi connectivity index (χ2v) is 7.38. The highest BCUT2D eigenvalue weighted by Gasteiger charge is 2.36. The number of aliphatic hydroxyl groups is 1. The van der Waals surface area contributed by atoms with Crippen molar-refractivity contribution in [3.05, 3.63) is 130 Å². The predicted octanol–water partition coefficient (Wildman–Crippen LogP) is 6.60. The third kappa shape index (κ3) is 3.24. The first-order valence-corrected chi connectivity index (χ1v) is 9.68. The normalized spacial score (nSPS) is 11.4. The van der Waals surface area contributed by atoms with Crippen molar-refractivity contribution in [3.63, 3.8) is 0 Å². The van der Waals surface area contributed by atoms with E-state index >= 15 is 0 Å². The molecule has 0 saturated heterocycles. The minimum absolute atomic E-state index is 0.595. The summed E-state index contributed by atoms with van der Waals surface area (Å²) < 4.78 is 0. The molecule has 0 aromatic heterocycles. The Kier molecular flexibility index (Phi) is 5.04. The van der Waals surface area contributed by atoms with Crippen molar-refractivity contribution in [1.29, 1.82) is 0 Å². The highest BCUT2D eigenvalue weighted by atomic mass is 35.5. The maximum atomic E-state index is 12.2. The van der Waals surface area contributed by atoms with Crippen molar-refractivity contribution in [2.24, 2.45) is 0 Å². The molecular formula is C26H21ClO. The Hall–Kier alpha value is -2.87. The zero-order valence-electron chi connectivity index (χ0n) is 15.6. The smallest absolute Gasteiger partial charge is 0.141 e. The third-order valence-electron chi connectivity index (χ3n) is 5.19. The van der Waals surface area contributed by atoms with E-state index in [1.54, 1.807) is 0 Å². The molecule has 0 aliphatic carbocycles. The number of aryl methyl sites for hydroxylation is 1. The summed E-state index contributed by atoms with van der Waals surface area (Å²) in [5.74, 6) is 0. The first-order chi connectivity index (χ1) is 13.6. The van der Waals surface area contributed by atoms with E-state index in [4.69, 9.17) is 11.6 Å². The van der Waals surface area contributed by atoms with Gasteiger partial charge in [0.2, 0.25) is 0 Å². The van der Waals surface area contributed by atoms with Crippen LogP contribution in [-0.2, 0) is 5.60 Å². The molecule has 0 radical (unpaired) electrons. The van der Waals surface area contributed by atoms with Crippen molar-refractivity contribution in [2.45, 2.75) is 12.5 Å². The summed E-state index contributed by atoms with van der Waals surface area (Å²) in [6, 6.07) is 33.5. The Balaban J connectivity index is 2.06. The lowest BCUT2D eigenvalue weighted by Gasteiger charge is -2.32. The number of hydrogen-bond donors (Lipinski definition) is 1. The minimum Gasteiger partial charge on any atom is -0.376 e. The van der Waals surface area contributed by atoms with Gasteiger partial charge in [0.25, 0.3) is 0 Å². The quantitative estimate of drug-likeness (QED) is 0.393. The molecule has 0 saturated carbocycles. The van der Waals surface area contributed by atoms with Gasteiger partial charge in [-0.1, -0.05) is 103 Å². The molecule has 4 aromatic carbocycles. The van der Waals surface area contributed by atoms with Crippen LogP contribution in [0.1, 0.15) is 22.3 Å². The van der Waals surface area contributed by atoms with Gasteiger partial charge in [-0.3, -0.25) is 0 Å². The minimum atomic E-state index is -1.33. The second-order valence-electron chi connectivity index (χ2n) is 6.95. The molecule has 0 spiro atoms. The standard InChI is InChI=1S/C26H21ClO/c1-19-10-8-9-15-23(19)24-17-16-22(27)18-25(24)26(28,20-11-4-2-5-12-20)21-13-6-3-7-14-21/h2-18,28H,1H3. The van der Waals surface area contributed by atoms with Gasteiger partial charge in [0.1, 0.15) is 5.60 Å². The first kappa shape index (κ1) is 18.5. The van der Waals surface area contributed by atoms with Crippen LogP contribution >= 0.6 is 11.6 Å². The highest BCUT2D eigenvalue weighted by Crippen LogP contribution is 2.43. The van der Waals surface area contributed by atoms with Gasteiger partial charge in [0.15, 0.2) is 0 Å². The lowest BCUT2D eigenvalue weighted by molar-refractivity contribution is 0.126. The third-order valence-corrected chi connectivity index (χ3v) is 5.42. The Morgan fingerprint density at radius 1 is 0.643 bits per heavy atom. The summed E-state index contributed by atoms with van der Waals surface area (Å²) >= 11 is 6.41. The predicted molar refractivity (Wildman–Crippen MR) is 117 cm³/mol. The average Bonchev–Trinajstić information content (AvgIpc) is 2.75. The topological polar surface area (TPSA) is 20.2 Å². The lowest BCUT2D eigenvalue weighted by atomic mass is 9.77. The Morgan fingerprint density at radius 3 is 1.75 bits per heavy atom. The highest BCUT2D eigenvalue weighted by molar-refractivity contribution is 6.30. The molecule has 2 heteroatoms. The Labute approximate surface area is 170 Å². The fraction of sp³-hybridized carbons (Fsp3) is 0.0769. The number of halogens is 1. The van der Waals surface area contributed by atoms with Crippen LogP contribution in [0.2, 0.25) is 5.02 Å². The van der Waals surface area contributed by atoms with Crippen LogP contribution in [0.5, 0.6) is 0 Å². The van der Waals surface area contributed by atoms with Gasteiger partial charge in [0, 0.05) is 10.6 Å². The van der Waals surface area contributed by atoms with Crippen LogP contribution in [0.15, 0.2) is 103 Å². The fourth-order valence-corrected chi connectivity index (χ4v) is 3.93. The van der Waals surface area contributed by atoms with Gasteiger partial charge in [0.05, 0.1) is 0 Å². The monoisotopic (exact) mass is 384 g/mol. The molecule has 4 rings (SSSR count). The molecule has 0 aliphatic rings. The van der Waals surface area contributed by atoms with Crippen molar-refractivity contribution in [3.8, 4) is 11.1 Å². The molecule has 28 heavy (non-hydrogen) atoms. The van der Waals surface area contributed by atoms with E-state index in [-0.39, 0.29) is 0 Å². The molecule has 0 bridgehead atoms. The van der Waals surface area contributed by atoms with Crippen molar-refractivity contribution >= 4 is 11.6 Å². The molecule has 1 N–H and O–H groups in total. The number of rotatable bonds is 4. The van der Waals surface area contributed by atoms with Crippen molar-refractivity contribution in [1.82, 2.24) is 0 Å². The van der Waals surface area contributed by atoms with Crippen LogP contribution in [0.3, 0.4) is 0 Å². The van der Waals surface area contributed by atoms with E-state index in [1.807, 2.05) is 91.0 Å². The van der Waals surface area contributed by atoms with Gasteiger partial charge >= 0.3 is 0 Å². The zero-order valence-corrected chi connectivity index (χ0v) is 16.4. The Bertz CT molecular complexity index is 1050. The van der Waals surface area contributed by atoms with E-state index in [0.29, 0.717) is 5.02 Å². The van der Waals surface area contributed by atoms with Gasteiger partial charge in [-0.2, -0.15) is 0 Å². The number of benzene rings is 4. The van der Waals surface area contributed by atoms with Crippen LogP contribution in [0.25, 0.3) is 11.1 Å². The second kappa shape index (κ2) is 7.63. The van der Waals surface area contributed by atoms with Crippen molar-refractivity contribution < 1.29 is 5.11 Å². The maximum absolute atomic E-state index is 12.2. The van der Waals surface area contributed by atoms with Crippen LogP contribution in [-0.4, -0.2) is 5.11 Å². The van der Waals surface area contributed by atoms with Gasteiger partial charge in [-0.05, 0) is 46.9 Å². The van der Waals surface area contributed by atoms with Crippen LogP contribution in [0.4, 0.5) is 0 Å². The van der Waals surface area contributed by atoms with Crippen LogP contribution in [0, 0.1) is 6.92 Å². The summed E-state index contributed by atoms with van der Waals surface area (Å²) in [5.41, 5.74) is 4.25. The molecule has 0 heterocycles. The average molecular weight is 385 g/mol. The van der Waals surface area contributed by atoms with Gasteiger partial charge in [-0.25, -0.2) is 0 Å². The van der Waals surface area contributed by atoms with Gasteiger partial charge < -0.3 is 5.11 Å². The lowest BCUT2D eigenvalue weighted by Crippen LogP contribution is -2.29. The summed E-state index contributed by atoms with van der Waals surface area (Å²) in [6.45, 7) is 2.08. The maximum Gasteiger partial charge on any atom is 0.141 e. The molecule has 0 amide bonds. The zero-order chi connectivity index (χ0) is 19.6. The molecular weight excluding hydrogens is 364 g/mol. The SMILES string of the molecule is Cc1ccccc1-c1ccc(Cl)cc1C(O)(c1ccccc1)c1ccccc1. The molecule has 0 aliphatic heterocycles. The molecule has 0 fully saturated rings. The molecule has 0 unspecified atom stereocenters. The van der Waals surface area contributed by atoms with Crippen LogP contribution < -0.4 is 0 Å².